The maximum atomic E-state index is 2.40. The first-order chi connectivity index (χ1) is 26.1. The van der Waals surface area contributed by atoms with Gasteiger partial charge >= 0.3 is 0 Å². The van der Waals surface area contributed by atoms with Crippen LogP contribution in [0.1, 0.15) is 25.0 Å². The van der Waals surface area contributed by atoms with Crippen molar-refractivity contribution in [3.8, 4) is 44.5 Å². The second kappa shape index (κ2) is 11.2. The maximum absolute atomic E-state index is 2.40. The third kappa shape index (κ3) is 4.36. The van der Waals surface area contributed by atoms with Crippen LogP contribution in [0.25, 0.3) is 98.4 Å². The zero-order valence-corrected chi connectivity index (χ0v) is 29.8. The zero-order chi connectivity index (χ0) is 35.3. The molecular weight excluding hydrogens is 637 g/mol. The highest BCUT2D eigenvalue weighted by Crippen LogP contribution is 2.54. The van der Waals surface area contributed by atoms with E-state index in [4.69, 9.17) is 0 Å². The van der Waals surface area contributed by atoms with Crippen molar-refractivity contribution in [2.75, 3.05) is 0 Å². The fourth-order valence-corrected chi connectivity index (χ4v) is 9.72. The summed E-state index contributed by atoms with van der Waals surface area (Å²) in [6.45, 7) is 4.80. The molecule has 0 spiro atoms. The van der Waals surface area contributed by atoms with Gasteiger partial charge in [0.25, 0.3) is 0 Å². The average Bonchev–Trinajstić information content (AvgIpc) is 3.46. The lowest BCUT2D eigenvalue weighted by Gasteiger charge is -2.26. The van der Waals surface area contributed by atoms with Crippen LogP contribution in [0.15, 0.2) is 182 Å². The Morgan fingerprint density at radius 1 is 0.283 bits per heavy atom. The van der Waals surface area contributed by atoms with Gasteiger partial charge in [0.1, 0.15) is 0 Å². The van der Waals surface area contributed by atoms with Gasteiger partial charge in [0, 0.05) is 5.41 Å². The Bertz CT molecular complexity index is 3060. The highest BCUT2D eigenvalue weighted by atomic mass is 14.4. The lowest BCUT2D eigenvalue weighted by atomic mass is 9.77. The Balaban J connectivity index is 1.07. The van der Waals surface area contributed by atoms with Crippen LogP contribution in [-0.4, -0.2) is 0 Å². The molecule has 0 saturated heterocycles. The predicted molar refractivity (Wildman–Crippen MR) is 228 cm³/mol. The van der Waals surface area contributed by atoms with Gasteiger partial charge in [-0.2, -0.15) is 0 Å². The van der Waals surface area contributed by atoms with Gasteiger partial charge in [-0.05, 0) is 116 Å². The van der Waals surface area contributed by atoms with Crippen molar-refractivity contribution in [3.05, 3.63) is 193 Å². The van der Waals surface area contributed by atoms with Crippen molar-refractivity contribution in [2.24, 2.45) is 0 Å². The fraction of sp³-hybridized carbons (Fsp3) is 0.0566. The summed E-state index contributed by atoms with van der Waals surface area (Å²) in [6.07, 6.45) is 0. The average molecular weight is 673 g/mol. The van der Waals surface area contributed by atoms with Gasteiger partial charge in [-0.25, -0.2) is 0 Å². The van der Waals surface area contributed by atoms with E-state index in [1.807, 2.05) is 0 Å². The Morgan fingerprint density at radius 3 is 1.42 bits per heavy atom. The summed E-state index contributed by atoms with van der Waals surface area (Å²) < 4.78 is 0. The van der Waals surface area contributed by atoms with E-state index in [1.165, 1.54) is 109 Å². The van der Waals surface area contributed by atoms with Crippen LogP contribution in [0.5, 0.6) is 0 Å². The summed E-state index contributed by atoms with van der Waals surface area (Å²) in [5.74, 6) is 0. The molecule has 10 aromatic rings. The van der Waals surface area contributed by atoms with E-state index in [1.54, 1.807) is 0 Å². The topological polar surface area (TPSA) is 0 Å². The molecule has 10 aromatic carbocycles. The molecule has 248 valence electrons. The van der Waals surface area contributed by atoms with Crippen LogP contribution in [-0.2, 0) is 5.41 Å². The summed E-state index contributed by atoms with van der Waals surface area (Å²) in [7, 11) is 0. The van der Waals surface area contributed by atoms with Crippen LogP contribution in [0.3, 0.4) is 0 Å². The number of hydrogen-bond acceptors (Lipinski definition) is 0. The third-order valence-corrected chi connectivity index (χ3v) is 12.0. The molecule has 0 nitrogen and oxygen atoms in total. The van der Waals surface area contributed by atoms with Crippen LogP contribution >= 0.6 is 0 Å². The van der Waals surface area contributed by atoms with Gasteiger partial charge in [0.15, 0.2) is 0 Å². The third-order valence-electron chi connectivity index (χ3n) is 12.0. The molecule has 0 bridgehead atoms. The van der Waals surface area contributed by atoms with Gasteiger partial charge in [-0.3, -0.25) is 0 Å². The quantitative estimate of drug-likeness (QED) is 0.129. The molecule has 0 amide bonds. The van der Waals surface area contributed by atoms with Gasteiger partial charge < -0.3 is 0 Å². The molecule has 1 aliphatic carbocycles. The number of rotatable bonds is 3. The van der Waals surface area contributed by atoms with E-state index in [0.29, 0.717) is 0 Å². The van der Waals surface area contributed by atoms with Crippen LogP contribution in [0.4, 0.5) is 0 Å². The Kier molecular flexibility index (Phi) is 6.40. The minimum absolute atomic E-state index is 0.126. The molecular formula is C53H36. The summed E-state index contributed by atoms with van der Waals surface area (Å²) in [6, 6.07) is 67.8. The monoisotopic (exact) mass is 672 g/mol. The highest BCUT2D eigenvalue weighted by Gasteiger charge is 2.38. The molecule has 0 heteroatoms. The molecule has 0 N–H and O–H groups in total. The van der Waals surface area contributed by atoms with Crippen molar-refractivity contribution >= 4 is 53.9 Å². The van der Waals surface area contributed by atoms with E-state index in [-0.39, 0.29) is 5.41 Å². The first-order valence-electron chi connectivity index (χ1n) is 18.7. The molecule has 11 rings (SSSR count). The largest absolute Gasteiger partial charge is 0.0616 e. The SMILES string of the molecule is CC1(C)c2c(-c3ccc(-c4c5ccccc5c(-c5ccc6c(ccc7ccccc76)c5)c5ccccc45)cc3)cccc2-c2ccc3ccccc3c21. The van der Waals surface area contributed by atoms with E-state index < -0.39 is 0 Å². The second-order valence-corrected chi connectivity index (χ2v) is 15.2. The molecule has 53 heavy (non-hydrogen) atoms. The molecule has 0 aliphatic heterocycles. The van der Waals surface area contributed by atoms with Gasteiger partial charge in [0.2, 0.25) is 0 Å². The molecule has 0 atom stereocenters. The Hall–Kier alpha value is -6.50. The van der Waals surface area contributed by atoms with Gasteiger partial charge in [-0.15, -0.1) is 0 Å². The molecule has 0 saturated carbocycles. The lowest BCUT2D eigenvalue weighted by molar-refractivity contribution is 0.668. The van der Waals surface area contributed by atoms with Crippen LogP contribution < -0.4 is 0 Å². The van der Waals surface area contributed by atoms with Gasteiger partial charge in [0.05, 0.1) is 0 Å². The predicted octanol–water partition coefficient (Wildman–Crippen LogP) is 14.8. The van der Waals surface area contributed by atoms with Crippen molar-refractivity contribution < 1.29 is 0 Å². The molecule has 0 heterocycles. The molecule has 0 fully saturated rings. The summed E-state index contributed by atoms with van der Waals surface area (Å²) >= 11 is 0. The Morgan fingerprint density at radius 2 is 0.736 bits per heavy atom. The van der Waals surface area contributed by atoms with Crippen molar-refractivity contribution in [1.29, 1.82) is 0 Å². The summed E-state index contributed by atoms with van der Waals surface area (Å²) in [4.78, 5) is 0. The van der Waals surface area contributed by atoms with E-state index in [9.17, 15) is 0 Å². The molecule has 1 aliphatic rings. The molecule has 0 unspecified atom stereocenters. The highest BCUT2D eigenvalue weighted by molar-refractivity contribution is 6.22. The standard InChI is InChI=1S/C53H36/c1-53(2)51-42(20-11-21-47(51)48-31-28-34-13-4-6-15-41(34)52(48)53)35-22-25-36(26-23-35)49-43-16-7-9-18-45(43)50(46-19-10-8-17-44(46)49)38-29-30-40-37(32-38)27-24-33-12-3-5-14-39(33)40/h3-32H,1-2H3. The van der Waals surface area contributed by atoms with Crippen molar-refractivity contribution in [1.82, 2.24) is 0 Å². The second-order valence-electron chi connectivity index (χ2n) is 15.2. The van der Waals surface area contributed by atoms with E-state index in [2.05, 4.69) is 196 Å². The Labute approximate surface area is 309 Å². The zero-order valence-electron chi connectivity index (χ0n) is 29.8. The summed E-state index contributed by atoms with van der Waals surface area (Å²) in [5.41, 5.74) is 13.1. The minimum atomic E-state index is -0.126. The molecule has 0 radical (unpaired) electrons. The van der Waals surface area contributed by atoms with Crippen LogP contribution in [0.2, 0.25) is 0 Å². The minimum Gasteiger partial charge on any atom is -0.0616 e. The van der Waals surface area contributed by atoms with Crippen molar-refractivity contribution in [3.63, 3.8) is 0 Å². The number of fused-ring (bicyclic) bond motifs is 10. The first kappa shape index (κ1) is 30.2. The lowest BCUT2D eigenvalue weighted by Crippen LogP contribution is -2.16. The van der Waals surface area contributed by atoms with Gasteiger partial charge in [-0.1, -0.05) is 190 Å². The number of benzene rings is 10. The number of hydrogen-bond donors (Lipinski definition) is 0. The first-order valence-corrected chi connectivity index (χ1v) is 18.7. The fourth-order valence-electron chi connectivity index (χ4n) is 9.72. The summed E-state index contributed by atoms with van der Waals surface area (Å²) in [5, 5.41) is 12.9. The smallest absolute Gasteiger partial charge is 0.0171 e. The van der Waals surface area contributed by atoms with E-state index >= 15 is 0 Å². The van der Waals surface area contributed by atoms with Crippen LogP contribution in [0, 0.1) is 0 Å². The van der Waals surface area contributed by atoms with Crippen molar-refractivity contribution in [2.45, 2.75) is 19.3 Å². The van der Waals surface area contributed by atoms with E-state index in [0.717, 1.165) is 0 Å². The normalized spacial score (nSPS) is 13.2. The molecule has 0 aromatic heterocycles. The maximum Gasteiger partial charge on any atom is 0.0171 e.